The molecule has 1 saturated heterocycles. The first-order valence-corrected chi connectivity index (χ1v) is 10.8. The van der Waals surface area contributed by atoms with Crippen molar-refractivity contribution in [3.05, 3.63) is 10.6 Å². The first-order valence-electron chi connectivity index (χ1n) is 9.02. The van der Waals surface area contributed by atoms with Gasteiger partial charge in [0.2, 0.25) is 5.91 Å². The van der Waals surface area contributed by atoms with Crippen molar-refractivity contribution in [1.29, 1.82) is 0 Å². The number of carbonyl (C=O) groups is 1. The van der Waals surface area contributed by atoms with E-state index >= 15 is 0 Å². The van der Waals surface area contributed by atoms with Crippen molar-refractivity contribution in [3.8, 4) is 0 Å². The lowest BCUT2D eigenvalue weighted by molar-refractivity contribution is -0.133. The fourth-order valence-corrected chi connectivity index (χ4v) is 4.86. The Morgan fingerprint density at radius 1 is 1.19 bits per heavy atom. The van der Waals surface area contributed by atoms with Crippen molar-refractivity contribution in [1.82, 2.24) is 28.3 Å². The summed E-state index contributed by atoms with van der Waals surface area (Å²) in [4.78, 5) is 14.3. The molecule has 11 heteroatoms. The quantitative estimate of drug-likeness (QED) is 0.641. The predicted molar refractivity (Wildman–Crippen MR) is 101 cm³/mol. The Bertz CT molecular complexity index is 761. The lowest BCUT2D eigenvalue weighted by Gasteiger charge is -2.36. The maximum absolute atomic E-state index is 12.6. The van der Waals surface area contributed by atoms with Gasteiger partial charge in [-0.2, -0.15) is 22.1 Å². The van der Waals surface area contributed by atoms with Gasteiger partial charge in [-0.05, 0) is 18.6 Å². The van der Waals surface area contributed by atoms with Crippen LogP contribution in [0.5, 0.6) is 0 Å². The molecule has 2 rings (SSSR count). The normalized spacial score (nSPS) is 16.4. The van der Waals surface area contributed by atoms with Crippen LogP contribution in [0.3, 0.4) is 0 Å². The van der Waals surface area contributed by atoms with E-state index in [2.05, 4.69) is 10.2 Å². The summed E-state index contributed by atoms with van der Waals surface area (Å²) in [6.07, 6.45) is 1.66. The molecule has 1 N–H and O–H groups in total. The van der Waals surface area contributed by atoms with Crippen molar-refractivity contribution >= 4 is 28.3 Å². The molecule has 26 heavy (non-hydrogen) atoms. The number of hydrogen-bond donors (Lipinski definition) is 1. The molecule has 0 bridgehead atoms. The van der Waals surface area contributed by atoms with E-state index in [1.165, 1.54) is 8.61 Å². The second-order valence-corrected chi connectivity index (χ2v) is 8.47. The average Bonchev–Trinajstić information content (AvgIpc) is 2.96. The van der Waals surface area contributed by atoms with Crippen LogP contribution >= 0.6 is 12.2 Å². The minimum atomic E-state index is -3.45. The number of aryl methyl sites for hydroxylation is 1. The highest BCUT2D eigenvalue weighted by Crippen LogP contribution is 2.13. The topological polar surface area (TPSA) is 94.5 Å². The third-order valence-corrected chi connectivity index (χ3v) is 7.05. The maximum atomic E-state index is 12.6. The van der Waals surface area contributed by atoms with E-state index in [9.17, 15) is 13.2 Å². The van der Waals surface area contributed by atoms with Gasteiger partial charge in [-0.1, -0.05) is 20.8 Å². The van der Waals surface area contributed by atoms with E-state index in [1.54, 1.807) is 9.47 Å². The number of rotatable bonds is 8. The molecule has 0 spiro atoms. The van der Waals surface area contributed by atoms with E-state index in [1.807, 2.05) is 20.8 Å². The van der Waals surface area contributed by atoms with Crippen LogP contribution in [-0.4, -0.2) is 81.9 Å². The Morgan fingerprint density at radius 2 is 1.81 bits per heavy atom. The molecule has 2 heterocycles. The van der Waals surface area contributed by atoms with Gasteiger partial charge in [-0.3, -0.25) is 14.5 Å². The zero-order valence-electron chi connectivity index (χ0n) is 15.6. The van der Waals surface area contributed by atoms with E-state index in [0.717, 1.165) is 18.7 Å². The predicted octanol–water partition coefficient (Wildman–Crippen LogP) is 0.624. The Morgan fingerprint density at radius 3 is 2.35 bits per heavy atom. The largest absolute Gasteiger partial charge is 0.338 e. The van der Waals surface area contributed by atoms with E-state index in [0.29, 0.717) is 44.0 Å². The number of nitrogens with one attached hydrogen (secondary N) is 1. The number of piperazine rings is 1. The third-order valence-electron chi connectivity index (χ3n) is 4.55. The number of aromatic amines is 1. The van der Waals surface area contributed by atoms with Crippen LogP contribution in [0.25, 0.3) is 0 Å². The highest BCUT2D eigenvalue weighted by molar-refractivity contribution is 7.86. The number of hydrogen-bond acceptors (Lipinski definition) is 5. The maximum Gasteiger partial charge on any atom is 0.282 e. The summed E-state index contributed by atoms with van der Waals surface area (Å²) in [5.41, 5.74) is 0. The molecule has 0 radical (unpaired) electrons. The molecule has 1 fully saturated rings. The summed E-state index contributed by atoms with van der Waals surface area (Å²) < 4.78 is 30.2. The summed E-state index contributed by atoms with van der Waals surface area (Å²) in [6, 6.07) is 0. The van der Waals surface area contributed by atoms with Gasteiger partial charge in [0.05, 0.1) is 0 Å². The molecule has 1 aliphatic heterocycles. The molecule has 1 aromatic heterocycles. The molecule has 0 saturated carbocycles. The zero-order chi connectivity index (χ0) is 19.3. The highest BCUT2D eigenvalue weighted by atomic mass is 32.2. The molecule has 0 unspecified atom stereocenters. The van der Waals surface area contributed by atoms with Crippen molar-refractivity contribution in [2.45, 2.75) is 40.2 Å². The Kier molecular flexibility index (Phi) is 7.33. The summed E-state index contributed by atoms with van der Waals surface area (Å²) in [5.74, 6) is 0.702. The molecule has 1 amide bonds. The van der Waals surface area contributed by atoms with Gasteiger partial charge < -0.3 is 4.90 Å². The van der Waals surface area contributed by atoms with Crippen molar-refractivity contribution in [2.75, 3.05) is 39.3 Å². The fourth-order valence-electron chi connectivity index (χ4n) is 3.04. The van der Waals surface area contributed by atoms with Crippen LogP contribution < -0.4 is 0 Å². The second kappa shape index (κ2) is 9.07. The monoisotopic (exact) mass is 404 g/mol. The molecular formula is C15H28N6O3S2. The Labute approximate surface area is 160 Å². The summed E-state index contributed by atoms with van der Waals surface area (Å²) >= 11 is 5.21. The number of carbonyl (C=O) groups excluding carboxylic acids is 1. The smallest absolute Gasteiger partial charge is 0.282 e. The highest BCUT2D eigenvalue weighted by Gasteiger charge is 2.32. The van der Waals surface area contributed by atoms with Crippen LogP contribution in [0.1, 0.15) is 33.0 Å². The summed E-state index contributed by atoms with van der Waals surface area (Å²) in [5, 5.41) is 6.90. The van der Waals surface area contributed by atoms with Gasteiger partial charge in [0, 0.05) is 45.7 Å². The van der Waals surface area contributed by atoms with Crippen molar-refractivity contribution in [2.24, 2.45) is 0 Å². The van der Waals surface area contributed by atoms with Gasteiger partial charge in [0.1, 0.15) is 12.4 Å². The zero-order valence-corrected chi connectivity index (χ0v) is 17.3. The van der Waals surface area contributed by atoms with Gasteiger partial charge in [0.25, 0.3) is 10.2 Å². The Hall–Kier alpha value is -1.30. The van der Waals surface area contributed by atoms with Gasteiger partial charge >= 0.3 is 0 Å². The van der Waals surface area contributed by atoms with Crippen LogP contribution in [-0.2, 0) is 28.0 Å². The lowest BCUT2D eigenvalue weighted by atomic mass is 10.3. The van der Waals surface area contributed by atoms with Gasteiger partial charge in [-0.15, -0.1) is 0 Å². The minimum Gasteiger partial charge on any atom is -0.338 e. The van der Waals surface area contributed by atoms with Crippen molar-refractivity contribution < 1.29 is 13.2 Å². The Balaban J connectivity index is 1.99. The molecule has 148 valence electrons. The molecule has 0 aliphatic carbocycles. The van der Waals surface area contributed by atoms with E-state index in [-0.39, 0.29) is 12.5 Å². The summed E-state index contributed by atoms with van der Waals surface area (Å²) in [7, 11) is -3.45. The van der Waals surface area contributed by atoms with Crippen LogP contribution in [0, 0.1) is 4.77 Å². The second-order valence-electron chi connectivity index (χ2n) is 6.15. The standard InChI is InChI=1S/C15H28N6O3S2/c1-4-7-13-16-17-15(25)21(13)12-14(22)18-8-10-20(11-9-18)26(23,24)19(5-2)6-3/h4-12H2,1-3H3,(H,17,25). The average molecular weight is 405 g/mol. The van der Waals surface area contributed by atoms with Crippen LogP contribution in [0.2, 0.25) is 0 Å². The van der Waals surface area contributed by atoms with Crippen molar-refractivity contribution in [3.63, 3.8) is 0 Å². The molecular weight excluding hydrogens is 376 g/mol. The number of H-pyrrole nitrogens is 1. The van der Waals surface area contributed by atoms with E-state index < -0.39 is 10.2 Å². The van der Waals surface area contributed by atoms with Gasteiger partial charge in [-0.25, -0.2) is 0 Å². The lowest BCUT2D eigenvalue weighted by Crippen LogP contribution is -2.54. The first-order chi connectivity index (χ1) is 12.3. The number of nitrogens with zero attached hydrogens (tertiary/aromatic N) is 5. The SMILES string of the molecule is CCCc1n[nH]c(=S)n1CC(=O)N1CCN(S(=O)(=O)N(CC)CC)CC1. The molecule has 1 aromatic rings. The molecule has 0 atom stereocenters. The molecule has 9 nitrogen and oxygen atoms in total. The first kappa shape index (κ1) is 21.0. The minimum absolute atomic E-state index is 0.0697. The fraction of sp³-hybridized carbons (Fsp3) is 0.800. The van der Waals surface area contributed by atoms with Gasteiger partial charge in [0.15, 0.2) is 4.77 Å². The third kappa shape index (κ3) is 4.51. The van der Waals surface area contributed by atoms with Crippen LogP contribution in [0.4, 0.5) is 0 Å². The van der Waals surface area contributed by atoms with Crippen LogP contribution in [0.15, 0.2) is 0 Å². The molecule has 0 aromatic carbocycles. The summed E-state index contributed by atoms with van der Waals surface area (Å²) in [6.45, 7) is 8.08. The number of amides is 1. The van der Waals surface area contributed by atoms with E-state index in [4.69, 9.17) is 12.2 Å². The number of aromatic nitrogens is 3. The molecule has 1 aliphatic rings.